The van der Waals surface area contributed by atoms with Gasteiger partial charge in [-0.25, -0.2) is 14.0 Å². The Morgan fingerprint density at radius 2 is 1.65 bits per heavy atom. The predicted octanol–water partition coefficient (Wildman–Crippen LogP) is 0.710. The molecule has 8 nitrogen and oxygen atoms in total. The summed E-state index contributed by atoms with van der Waals surface area (Å²) < 4.78 is 13.0. The average Bonchev–Trinajstić information content (AvgIpc) is 2.46. The summed E-state index contributed by atoms with van der Waals surface area (Å²) >= 11 is 0. The molecule has 0 amide bonds. The highest BCUT2D eigenvalue weighted by Crippen LogP contribution is 2.22. The Labute approximate surface area is 130 Å². The van der Waals surface area contributed by atoms with E-state index >= 15 is 0 Å². The molecule has 0 spiro atoms. The zero-order valence-electron chi connectivity index (χ0n) is 12.1. The summed E-state index contributed by atoms with van der Waals surface area (Å²) in [6.45, 7) is 0. The molecule has 23 heavy (non-hydrogen) atoms. The first-order chi connectivity index (χ1) is 10.7. The molecule has 0 saturated heterocycles. The van der Waals surface area contributed by atoms with Crippen molar-refractivity contribution in [2.75, 3.05) is 4.90 Å². The van der Waals surface area contributed by atoms with Crippen molar-refractivity contribution >= 4 is 23.6 Å². The molecule has 0 aromatic heterocycles. The van der Waals surface area contributed by atoms with Gasteiger partial charge in [0.1, 0.15) is 11.9 Å². The molecule has 5 N–H and O–H groups in total. The highest BCUT2D eigenvalue weighted by molar-refractivity contribution is 5.84. The molecule has 0 radical (unpaired) electrons. The highest BCUT2D eigenvalue weighted by atomic mass is 19.1. The molecule has 1 aromatic rings. The van der Waals surface area contributed by atoms with Gasteiger partial charge in [0.2, 0.25) is 0 Å². The number of rotatable bonds is 9. The topological polar surface area (TPSA) is 141 Å². The van der Waals surface area contributed by atoms with E-state index in [0.717, 1.165) is 17.0 Å². The second kappa shape index (κ2) is 8.08. The quantitative estimate of drug-likeness (QED) is 0.486. The van der Waals surface area contributed by atoms with E-state index < -0.39 is 35.9 Å². The first-order valence-electron chi connectivity index (χ1n) is 6.71. The van der Waals surface area contributed by atoms with E-state index in [-0.39, 0.29) is 24.9 Å². The lowest BCUT2D eigenvalue weighted by atomic mass is 10.1. The molecule has 0 heterocycles. The van der Waals surface area contributed by atoms with Crippen LogP contribution in [0.4, 0.5) is 10.1 Å². The summed E-state index contributed by atoms with van der Waals surface area (Å²) in [5.41, 5.74) is 5.67. The number of carbonyl (C=O) groups is 3. The molecule has 1 rings (SSSR count). The lowest BCUT2D eigenvalue weighted by Gasteiger charge is -2.33. The fourth-order valence-electron chi connectivity index (χ4n) is 2.09. The van der Waals surface area contributed by atoms with Crippen LogP contribution in [0.3, 0.4) is 0 Å². The number of carboxylic acids is 3. The van der Waals surface area contributed by atoms with Crippen molar-refractivity contribution in [1.82, 2.24) is 0 Å². The molecule has 2 atom stereocenters. The van der Waals surface area contributed by atoms with Gasteiger partial charge < -0.3 is 26.0 Å². The molecule has 0 aliphatic rings. The van der Waals surface area contributed by atoms with Crippen LogP contribution in [-0.2, 0) is 14.4 Å². The van der Waals surface area contributed by atoms with E-state index in [2.05, 4.69) is 0 Å². The van der Waals surface area contributed by atoms with Crippen LogP contribution in [0.25, 0.3) is 0 Å². The minimum Gasteiger partial charge on any atom is -0.481 e. The Kier molecular flexibility index (Phi) is 6.46. The van der Waals surface area contributed by atoms with Gasteiger partial charge in [-0.15, -0.1) is 0 Å². The molecular weight excluding hydrogens is 311 g/mol. The van der Waals surface area contributed by atoms with Crippen LogP contribution in [-0.4, -0.2) is 45.4 Å². The molecule has 9 heteroatoms. The lowest BCUT2D eigenvalue weighted by molar-refractivity contribution is -0.142. The molecule has 126 valence electrons. The number of anilines is 1. The van der Waals surface area contributed by atoms with E-state index in [1.807, 2.05) is 0 Å². The Hall–Kier alpha value is -2.68. The van der Waals surface area contributed by atoms with Crippen LogP contribution >= 0.6 is 0 Å². The molecule has 0 fully saturated rings. The number of halogens is 1. The third-order valence-corrected chi connectivity index (χ3v) is 3.17. The summed E-state index contributed by atoms with van der Waals surface area (Å²) in [5.74, 6) is -4.48. The van der Waals surface area contributed by atoms with Crippen LogP contribution in [0.1, 0.15) is 19.3 Å². The molecule has 0 aliphatic carbocycles. The number of nitrogens with zero attached hydrogens (tertiary/aromatic N) is 1. The molecule has 0 saturated carbocycles. The van der Waals surface area contributed by atoms with E-state index in [9.17, 15) is 23.9 Å². The lowest BCUT2D eigenvalue weighted by Crippen LogP contribution is -2.55. The largest absolute Gasteiger partial charge is 0.481 e. The molecule has 0 bridgehead atoms. The van der Waals surface area contributed by atoms with Crippen LogP contribution in [0.15, 0.2) is 24.3 Å². The first kappa shape index (κ1) is 18.4. The van der Waals surface area contributed by atoms with Crippen molar-refractivity contribution in [1.29, 1.82) is 0 Å². The standard InChI is InChI=1S/C14H17FN2O6/c15-8-4-6-9(7-5-8)17(12(16)14(22)23)10(13(20)21)2-1-3-11(18)19/h4-7,10,12H,1-3,16H2,(H,18,19)(H,20,21)(H,22,23)/t10?,12-/m0/s1. The van der Waals surface area contributed by atoms with Gasteiger partial charge in [0.05, 0.1) is 0 Å². The Morgan fingerprint density at radius 1 is 1.09 bits per heavy atom. The maximum absolute atomic E-state index is 13.0. The number of carboxylic acid groups (broad SMARTS) is 3. The van der Waals surface area contributed by atoms with Crippen molar-refractivity contribution < 1.29 is 34.1 Å². The minimum atomic E-state index is -1.67. The zero-order valence-corrected chi connectivity index (χ0v) is 12.1. The summed E-state index contributed by atoms with van der Waals surface area (Å²) in [6, 6.07) is 3.17. The Bertz CT molecular complexity index is 577. The van der Waals surface area contributed by atoms with E-state index in [4.69, 9.17) is 15.9 Å². The van der Waals surface area contributed by atoms with Gasteiger partial charge in [0, 0.05) is 12.1 Å². The van der Waals surface area contributed by atoms with Crippen LogP contribution in [0.5, 0.6) is 0 Å². The average molecular weight is 328 g/mol. The minimum absolute atomic E-state index is 0.0241. The molecule has 1 aromatic carbocycles. The predicted molar refractivity (Wildman–Crippen MR) is 77.4 cm³/mol. The van der Waals surface area contributed by atoms with Gasteiger partial charge in [-0.3, -0.25) is 4.79 Å². The van der Waals surface area contributed by atoms with Crippen molar-refractivity contribution in [3.8, 4) is 0 Å². The monoisotopic (exact) mass is 328 g/mol. The third kappa shape index (κ3) is 5.22. The fraction of sp³-hybridized carbons (Fsp3) is 0.357. The van der Waals surface area contributed by atoms with Gasteiger partial charge in [-0.1, -0.05) is 0 Å². The highest BCUT2D eigenvalue weighted by Gasteiger charge is 2.33. The van der Waals surface area contributed by atoms with Gasteiger partial charge in [-0.2, -0.15) is 0 Å². The Balaban J connectivity index is 3.12. The van der Waals surface area contributed by atoms with E-state index in [1.54, 1.807) is 0 Å². The number of hydrogen-bond acceptors (Lipinski definition) is 5. The fourth-order valence-corrected chi connectivity index (χ4v) is 2.09. The van der Waals surface area contributed by atoms with Gasteiger partial charge >= 0.3 is 17.9 Å². The zero-order chi connectivity index (χ0) is 17.6. The molecule has 0 aliphatic heterocycles. The second-order valence-electron chi connectivity index (χ2n) is 4.81. The SMILES string of the molecule is N[C@H](C(=O)O)N(c1ccc(F)cc1)C(CCCC(=O)O)C(=O)O. The van der Waals surface area contributed by atoms with Gasteiger partial charge in [0.25, 0.3) is 0 Å². The van der Waals surface area contributed by atoms with Crippen LogP contribution < -0.4 is 10.6 Å². The molecular formula is C14H17FN2O6. The summed E-state index contributed by atoms with van der Waals surface area (Å²) in [6.07, 6.45) is -2.04. The maximum Gasteiger partial charge on any atom is 0.341 e. The smallest absolute Gasteiger partial charge is 0.341 e. The molecule has 1 unspecified atom stereocenters. The number of nitrogens with two attached hydrogens (primary N) is 1. The van der Waals surface area contributed by atoms with Crippen LogP contribution in [0.2, 0.25) is 0 Å². The second-order valence-corrected chi connectivity index (χ2v) is 4.81. The number of aliphatic carboxylic acids is 3. The van der Waals surface area contributed by atoms with Crippen molar-refractivity contribution in [3.05, 3.63) is 30.1 Å². The maximum atomic E-state index is 13.0. The first-order valence-corrected chi connectivity index (χ1v) is 6.71. The normalized spacial score (nSPS) is 13.1. The number of hydrogen-bond donors (Lipinski definition) is 4. The summed E-state index contributed by atoms with van der Waals surface area (Å²) in [4.78, 5) is 34.1. The van der Waals surface area contributed by atoms with E-state index in [1.165, 1.54) is 12.1 Å². The van der Waals surface area contributed by atoms with E-state index in [0.29, 0.717) is 0 Å². The van der Waals surface area contributed by atoms with Gasteiger partial charge in [-0.05, 0) is 37.1 Å². The number of benzene rings is 1. The summed E-state index contributed by atoms with van der Waals surface area (Å²) in [7, 11) is 0. The Morgan fingerprint density at radius 3 is 2.09 bits per heavy atom. The summed E-state index contributed by atoms with van der Waals surface area (Å²) in [5, 5.41) is 27.1. The third-order valence-electron chi connectivity index (χ3n) is 3.17. The van der Waals surface area contributed by atoms with Crippen molar-refractivity contribution in [2.45, 2.75) is 31.5 Å². The van der Waals surface area contributed by atoms with Crippen molar-refractivity contribution in [2.24, 2.45) is 5.73 Å². The van der Waals surface area contributed by atoms with Crippen molar-refractivity contribution in [3.63, 3.8) is 0 Å². The van der Waals surface area contributed by atoms with Crippen LogP contribution in [0, 0.1) is 5.82 Å². The van der Waals surface area contributed by atoms with Gasteiger partial charge in [0.15, 0.2) is 6.17 Å².